The SMILES string of the molecule is COC(=O)c1ccccc1S(=O)(=O)N1C[C@@H](C(F)(F)F)[C@H](C(=O)O)C1. The Labute approximate surface area is 141 Å². The van der Waals surface area contributed by atoms with Crippen LogP contribution in [-0.2, 0) is 19.6 Å². The van der Waals surface area contributed by atoms with Crippen LogP contribution in [-0.4, -0.2) is 56.1 Å². The number of alkyl halides is 3. The van der Waals surface area contributed by atoms with Gasteiger partial charge in [-0.1, -0.05) is 12.1 Å². The van der Waals surface area contributed by atoms with Crippen LogP contribution in [0, 0.1) is 11.8 Å². The number of aliphatic carboxylic acids is 1. The van der Waals surface area contributed by atoms with Gasteiger partial charge in [-0.05, 0) is 12.1 Å². The van der Waals surface area contributed by atoms with E-state index in [0.717, 1.165) is 19.2 Å². The molecule has 1 aliphatic rings. The van der Waals surface area contributed by atoms with Crippen LogP contribution < -0.4 is 0 Å². The number of carboxylic acids is 1. The second-order valence-corrected chi connectivity index (χ2v) is 7.31. The number of carbonyl (C=O) groups is 2. The molecule has 11 heteroatoms. The third kappa shape index (κ3) is 3.61. The highest BCUT2D eigenvalue weighted by atomic mass is 32.2. The van der Waals surface area contributed by atoms with E-state index in [1.165, 1.54) is 12.1 Å². The zero-order valence-electron chi connectivity index (χ0n) is 12.9. The Bertz CT molecular complexity index is 792. The summed E-state index contributed by atoms with van der Waals surface area (Å²) in [6, 6.07) is 4.88. The maximum atomic E-state index is 13.0. The molecule has 1 N–H and O–H groups in total. The Kier molecular flexibility index (Phi) is 5.09. The Morgan fingerprint density at radius 1 is 1.24 bits per heavy atom. The van der Waals surface area contributed by atoms with Crippen molar-refractivity contribution in [1.82, 2.24) is 4.31 Å². The molecule has 0 bridgehead atoms. The molecular formula is C14H14F3NO6S. The van der Waals surface area contributed by atoms with Crippen LogP contribution in [0.4, 0.5) is 13.2 Å². The maximum absolute atomic E-state index is 13.0. The van der Waals surface area contributed by atoms with E-state index < -0.39 is 58.0 Å². The third-order valence-corrected chi connectivity index (χ3v) is 5.82. The lowest BCUT2D eigenvalue weighted by Crippen LogP contribution is -2.34. The highest BCUT2D eigenvalue weighted by Gasteiger charge is 2.55. The standard InChI is InChI=1S/C14H14F3NO6S/c1-24-13(21)8-4-2-3-5-11(8)25(22,23)18-6-9(12(19)20)10(7-18)14(15,16)17/h2-5,9-10H,6-7H2,1H3,(H,19,20)/t9-,10-/m1/s1. The largest absolute Gasteiger partial charge is 0.481 e. The summed E-state index contributed by atoms with van der Waals surface area (Å²) in [7, 11) is -3.49. The minimum atomic E-state index is -4.87. The molecule has 0 unspecified atom stereocenters. The van der Waals surface area contributed by atoms with Gasteiger partial charge in [0.25, 0.3) is 0 Å². The van der Waals surface area contributed by atoms with Gasteiger partial charge in [0.15, 0.2) is 0 Å². The molecule has 2 atom stereocenters. The number of methoxy groups -OCH3 is 1. The lowest BCUT2D eigenvalue weighted by atomic mass is 9.96. The molecule has 1 aliphatic heterocycles. The van der Waals surface area contributed by atoms with E-state index in [1.54, 1.807) is 0 Å². The van der Waals surface area contributed by atoms with Crippen molar-refractivity contribution in [2.24, 2.45) is 11.8 Å². The Balaban J connectivity index is 2.45. The second kappa shape index (κ2) is 6.64. The molecule has 0 aromatic heterocycles. The average molecular weight is 381 g/mol. The van der Waals surface area contributed by atoms with Crippen molar-refractivity contribution in [2.75, 3.05) is 20.2 Å². The van der Waals surface area contributed by atoms with Crippen LogP contribution >= 0.6 is 0 Å². The summed E-state index contributed by atoms with van der Waals surface area (Å²) in [6.07, 6.45) is -4.87. The van der Waals surface area contributed by atoms with E-state index in [2.05, 4.69) is 4.74 Å². The zero-order chi connectivity index (χ0) is 19.0. The van der Waals surface area contributed by atoms with Gasteiger partial charge in [-0.3, -0.25) is 4.79 Å². The van der Waals surface area contributed by atoms with Gasteiger partial charge in [-0.2, -0.15) is 17.5 Å². The van der Waals surface area contributed by atoms with Crippen LogP contribution in [0.2, 0.25) is 0 Å². The summed E-state index contributed by atoms with van der Waals surface area (Å²) in [6.45, 7) is -1.87. The molecule has 138 valence electrons. The van der Waals surface area contributed by atoms with Crippen molar-refractivity contribution in [3.05, 3.63) is 29.8 Å². The van der Waals surface area contributed by atoms with Gasteiger partial charge >= 0.3 is 18.1 Å². The molecular weight excluding hydrogens is 367 g/mol. The summed E-state index contributed by atoms with van der Waals surface area (Å²) in [5.41, 5.74) is -0.340. The third-order valence-electron chi connectivity index (χ3n) is 3.93. The van der Waals surface area contributed by atoms with Gasteiger partial charge < -0.3 is 9.84 Å². The van der Waals surface area contributed by atoms with Crippen molar-refractivity contribution >= 4 is 22.0 Å². The molecule has 0 amide bonds. The van der Waals surface area contributed by atoms with Gasteiger partial charge in [-0.25, -0.2) is 13.2 Å². The van der Waals surface area contributed by atoms with Gasteiger partial charge in [-0.15, -0.1) is 0 Å². The number of carboxylic acid groups (broad SMARTS) is 1. The first-order valence-electron chi connectivity index (χ1n) is 6.97. The van der Waals surface area contributed by atoms with Crippen LogP contribution in [0.3, 0.4) is 0 Å². The molecule has 25 heavy (non-hydrogen) atoms. The molecule has 0 aliphatic carbocycles. The fourth-order valence-electron chi connectivity index (χ4n) is 2.66. The van der Waals surface area contributed by atoms with Crippen LogP contribution in [0.15, 0.2) is 29.2 Å². The summed E-state index contributed by atoms with van der Waals surface area (Å²) >= 11 is 0. The van der Waals surface area contributed by atoms with Gasteiger partial charge in [0.1, 0.15) is 0 Å². The predicted octanol–water partition coefficient (Wildman–Crippen LogP) is 1.36. The molecule has 1 aromatic carbocycles. The summed E-state index contributed by atoms with van der Waals surface area (Å²) < 4.78 is 69.4. The number of ether oxygens (including phenoxy) is 1. The molecule has 1 fully saturated rings. The predicted molar refractivity (Wildman–Crippen MR) is 77.2 cm³/mol. The lowest BCUT2D eigenvalue weighted by Gasteiger charge is -2.19. The van der Waals surface area contributed by atoms with Gasteiger partial charge in [0.2, 0.25) is 10.0 Å². The number of nitrogens with zero attached hydrogens (tertiary/aromatic N) is 1. The quantitative estimate of drug-likeness (QED) is 0.791. The van der Waals surface area contributed by atoms with E-state index >= 15 is 0 Å². The number of carbonyl (C=O) groups excluding carboxylic acids is 1. The summed E-state index contributed by atoms with van der Waals surface area (Å²) in [5.74, 6) is -6.95. The number of halogens is 3. The van der Waals surface area contributed by atoms with Crippen LogP contribution in [0.25, 0.3) is 0 Å². The first-order chi connectivity index (χ1) is 11.5. The minimum Gasteiger partial charge on any atom is -0.481 e. The molecule has 2 rings (SSSR count). The number of hydrogen-bond donors (Lipinski definition) is 1. The van der Waals surface area contributed by atoms with E-state index in [0.29, 0.717) is 4.31 Å². The van der Waals surface area contributed by atoms with Gasteiger partial charge in [0, 0.05) is 13.1 Å². The fraction of sp³-hybridized carbons (Fsp3) is 0.429. The van der Waals surface area contributed by atoms with Gasteiger partial charge in [0.05, 0.1) is 29.4 Å². The number of esters is 1. The minimum absolute atomic E-state index is 0.340. The Hall–Kier alpha value is -2.14. The summed E-state index contributed by atoms with van der Waals surface area (Å²) in [5, 5.41) is 8.99. The lowest BCUT2D eigenvalue weighted by molar-refractivity contribution is -0.187. The molecule has 0 radical (unpaired) electrons. The molecule has 0 spiro atoms. The van der Waals surface area contributed by atoms with E-state index in [-0.39, 0.29) is 5.56 Å². The highest BCUT2D eigenvalue weighted by molar-refractivity contribution is 7.89. The molecule has 1 heterocycles. The van der Waals surface area contributed by atoms with Crippen molar-refractivity contribution in [2.45, 2.75) is 11.1 Å². The van der Waals surface area contributed by atoms with E-state index in [9.17, 15) is 31.2 Å². The molecule has 1 saturated heterocycles. The Morgan fingerprint density at radius 3 is 2.32 bits per heavy atom. The van der Waals surface area contributed by atoms with Crippen molar-refractivity contribution in [1.29, 1.82) is 0 Å². The van der Waals surface area contributed by atoms with Crippen LogP contribution in [0.5, 0.6) is 0 Å². The average Bonchev–Trinajstić information content (AvgIpc) is 3.00. The molecule has 1 aromatic rings. The first-order valence-corrected chi connectivity index (χ1v) is 8.41. The van der Waals surface area contributed by atoms with Crippen molar-refractivity contribution in [3.63, 3.8) is 0 Å². The second-order valence-electron chi connectivity index (χ2n) is 5.40. The van der Waals surface area contributed by atoms with E-state index in [4.69, 9.17) is 5.11 Å². The number of sulfonamides is 1. The molecule has 7 nitrogen and oxygen atoms in total. The number of rotatable bonds is 4. The first kappa shape index (κ1) is 19.2. The van der Waals surface area contributed by atoms with Crippen molar-refractivity contribution < 1.29 is 41.0 Å². The number of hydrogen-bond acceptors (Lipinski definition) is 5. The van der Waals surface area contributed by atoms with E-state index in [1.807, 2.05) is 0 Å². The Morgan fingerprint density at radius 2 is 1.84 bits per heavy atom. The smallest absolute Gasteiger partial charge is 0.393 e. The van der Waals surface area contributed by atoms with Crippen LogP contribution in [0.1, 0.15) is 10.4 Å². The topological polar surface area (TPSA) is 101 Å². The highest BCUT2D eigenvalue weighted by Crippen LogP contribution is 2.40. The fourth-order valence-corrected chi connectivity index (χ4v) is 4.33. The maximum Gasteiger partial charge on any atom is 0.393 e. The zero-order valence-corrected chi connectivity index (χ0v) is 13.7. The summed E-state index contributed by atoms with van der Waals surface area (Å²) in [4.78, 5) is 22.3. The normalized spacial score (nSPS) is 21.9. The monoisotopic (exact) mass is 381 g/mol. The molecule has 0 saturated carbocycles. The van der Waals surface area contributed by atoms with Crippen molar-refractivity contribution in [3.8, 4) is 0 Å². The number of benzene rings is 1.